The fourth-order valence-corrected chi connectivity index (χ4v) is 2.50. The quantitative estimate of drug-likeness (QED) is 0.795. The zero-order valence-electron chi connectivity index (χ0n) is 13.4. The summed E-state index contributed by atoms with van der Waals surface area (Å²) in [5, 5.41) is 3.39. The second-order valence-corrected chi connectivity index (χ2v) is 5.54. The third kappa shape index (κ3) is 4.09. The minimum atomic E-state index is 0.249. The van der Waals surface area contributed by atoms with Crippen molar-refractivity contribution >= 4 is 0 Å². The smallest absolute Gasteiger partial charge is 0.231 e. The van der Waals surface area contributed by atoms with Crippen LogP contribution >= 0.6 is 0 Å². The zero-order valence-corrected chi connectivity index (χ0v) is 13.4. The molecule has 1 aromatic carbocycles. The van der Waals surface area contributed by atoms with Crippen LogP contribution in [0.3, 0.4) is 0 Å². The Balaban J connectivity index is 2.07. The first kappa shape index (κ1) is 16.1. The van der Waals surface area contributed by atoms with E-state index in [9.17, 15) is 0 Å². The number of benzene rings is 1. The fraction of sp³-hybridized carbons (Fsp3) is 0.625. The second kappa shape index (κ2) is 7.64. The van der Waals surface area contributed by atoms with Gasteiger partial charge in [-0.15, -0.1) is 0 Å². The maximum atomic E-state index is 5.47. The highest BCUT2D eigenvalue weighted by Crippen LogP contribution is 2.34. The van der Waals surface area contributed by atoms with Crippen LogP contribution < -0.4 is 14.8 Å². The molecule has 0 amide bonds. The number of likely N-dealkylation sites (N-methyl/N-ethyl adjacent to an activating group) is 1. The van der Waals surface area contributed by atoms with E-state index in [0.29, 0.717) is 12.8 Å². The third-order valence-corrected chi connectivity index (χ3v) is 3.88. The molecule has 1 aliphatic heterocycles. The summed E-state index contributed by atoms with van der Waals surface area (Å²) in [6.07, 6.45) is 0. The molecule has 21 heavy (non-hydrogen) atoms. The highest BCUT2D eigenvalue weighted by molar-refractivity contribution is 5.45. The van der Waals surface area contributed by atoms with Crippen molar-refractivity contribution in [2.24, 2.45) is 0 Å². The first-order valence-corrected chi connectivity index (χ1v) is 7.45. The van der Waals surface area contributed by atoms with Crippen molar-refractivity contribution in [3.63, 3.8) is 0 Å². The van der Waals surface area contributed by atoms with Crippen molar-refractivity contribution < 1.29 is 14.2 Å². The van der Waals surface area contributed by atoms with Crippen LogP contribution in [0.2, 0.25) is 0 Å². The van der Waals surface area contributed by atoms with Crippen LogP contribution in [0.4, 0.5) is 0 Å². The van der Waals surface area contributed by atoms with E-state index in [-0.39, 0.29) is 6.04 Å². The summed E-state index contributed by atoms with van der Waals surface area (Å²) < 4.78 is 16.0. The molecule has 1 heterocycles. The highest BCUT2D eigenvalue weighted by atomic mass is 16.7. The summed E-state index contributed by atoms with van der Waals surface area (Å²) in [7, 11) is 3.73. The molecular formula is C16H26N2O3. The van der Waals surface area contributed by atoms with Gasteiger partial charge in [-0.05, 0) is 38.6 Å². The van der Waals surface area contributed by atoms with Gasteiger partial charge in [0, 0.05) is 32.3 Å². The normalized spacial score (nSPS) is 15.0. The van der Waals surface area contributed by atoms with Gasteiger partial charge in [0.25, 0.3) is 0 Å². The lowest BCUT2D eigenvalue weighted by Crippen LogP contribution is -2.40. The summed E-state index contributed by atoms with van der Waals surface area (Å²) in [6.45, 7) is 7.34. The molecule has 1 aromatic rings. The third-order valence-electron chi connectivity index (χ3n) is 3.88. The Morgan fingerprint density at radius 3 is 2.71 bits per heavy atom. The Morgan fingerprint density at radius 1 is 1.29 bits per heavy atom. The molecule has 0 aliphatic carbocycles. The summed E-state index contributed by atoms with van der Waals surface area (Å²) in [6, 6.07) is 6.88. The summed E-state index contributed by atoms with van der Waals surface area (Å²) in [5.41, 5.74) is 1.21. The highest BCUT2D eigenvalue weighted by Gasteiger charge is 2.20. The predicted octanol–water partition coefficient (Wildman–Crippen LogP) is 2.03. The van der Waals surface area contributed by atoms with Crippen LogP contribution in [-0.4, -0.2) is 51.6 Å². The van der Waals surface area contributed by atoms with Gasteiger partial charge in [0.2, 0.25) is 6.79 Å². The van der Waals surface area contributed by atoms with Gasteiger partial charge >= 0.3 is 0 Å². The molecule has 2 rings (SSSR count). The Bertz CT molecular complexity index is 451. The van der Waals surface area contributed by atoms with Gasteiger partial charge in [0.1, 0.15) is 0 Å². The predicted molar refractivity (Wildman–Crippen MR) is 83.0 cm³/mol. The molecule has 1 atom stereocenters. The largest absolute Gasteiger partial charge is 0.454 e. The van der Waals surface area contributed by atoms with E-state index in [0.717, 1.165) is 31.2 Å². The molecule has 1 N–H and O–H groups in total. The first-order valence-electron chi connectivity index (χ1n) is 7.45. The molecule has 0 fully saturated rings. The fourth-order valence-electron chi connectivity index (χ4n) is 2.50. The van der Waals surface area contributed by atoms with Gasteiger partial charge < -0.3 is 19.5 Å². The number of hydrogen-bond donors (Lipinski definition) is 1. The Kier molecular flexibility index (Phi) is 5.85. The first-order chi connectivity index (χ1) is 10.2. The number of fused-ring (bicyclic) bond motifs is 1. The van der Waals surface area contributed by atoms with E-state index >= 15 is 0 Å². The van der Waals surface area contributed by atoms with Gasteiger partial charge in [0.05, 0.1) is 6.61 Å². The van der Waals surface area contributed by atoms with Crippen molar-refractivity contribution in [2.75, 3.05) is 40.6 Å². The number of nitrogens with zero attached hydrogens (tertiary/aromatic N) is 1. The Labute approximate surface area is 127 Å². The van der Waals surface area contributed by atoms with Crippen LogP contribution in [0.5, 0.6) is 11.5 Å². The lowest BCUT2D eigenvalue weighted by atomic mass is 10.0. The van der Waals surface area contributed by atoms with E-state index in [1.807, 2.05) is 13.1 Å². The molecule has 0 saturated carbocycles. The van der Waals surface area contributed by atoms with Crippen LogP contribution in [0, 0.1) is 0 Å². The van der Waals surface area contributed by atoms with E-state index < -0.39 is 0 Å². The van der Waals surface area contributed by atoms with Gasteiger partial charge in [-0.3, -0.25) is 4.90 Å². The van der Waals surface area contributed by atoms with Crippen LogP contribution in [0.25, 0.3) is 0 Å². The van der Waals surface area contributed by atoms with Gasteiger partial charge in [0.15, 0.2) is 11.5 Å². The van der Waals surface area contributed by atoms with E-state index in [1.54, 1.807) is 7.11 Å². The average molecular weight is 294 g/mol. The molecule has 0 saturated heterocycles. The molecular weight excluding hydrogens is 268 g/mol. The van der Waals surface area contributed by atoms with Crippen LogP contribution in [0.15, 0.2) is 18.2 Å². The van der Waals surface area contributed by atoms with Crippen molar-refractivity contribution in [2.45, 2.75) is 25.9 Å². The molecule has 118 valence electrons. The molecule has 1 aliphatic rings. The van der Waals surface area contributed by atoms with Crippen LogP contribution in [0.1, 0.15) is 25.5 Å². The van der Waals surface area contributed by atoms with Gasteiger partial charge in [-0.2, -0.15) is 0 Å². The number of nitrogens with one attached hydrogen (secondary N) is 1. The maximum absolute atomic E-state index is 5.47. The number of ether oxygens (including phenoxy) is 3. The average Bonchev–Trinajstić information content (AvgIpc) is 2.94. The lowest BCUT2D eigenvalue weighted by Gasteiger charge is -2.30. The summed E-state index contributed by atoms with van der Waals surface area (Å²) >= 11 is 0. The Hall–Kier alpha value is -1.30. The van der Waals surface area contributed by atoms with Crippen molar-refractivity contribution in [3.05, 3.63) is 23.8 Å². The van der Waals surface area contributed by atoms with Crippen molar-refractivity contribution in [1.82, 2.24) is 10.2 Å². The summed E-state index contributed by atoms with van der Waals surface area (Å²) in [5.74, 6) is 1.66. The SMILES string of the molecule is CNC(CN(CCOC)C(C)C)c1ccc2c(c1)OCO2. The van der Waals surface area contributed by atoms with E-state index in [2.05, 4.69) is 36.2 Å². The second-order valence-electron chi connectivity index (χ2n) is 5.54. The van der Waals surface area contributed by atoms with Crippen molar-refractivity contribution in [1.29, 1.82) is 0 Å². The maximum Gasteiger partial charge on any atom is 0.231 e. The molecule has 0 aromatic heterocycles. The molecule has 0 spiro atoms. The van der Waals surface area contributed by atoms with Gasteiger partial charge in [-0.1, -0.05) is 6.07 Å². The summed E-state index contributed by atoms with van der Waals surface area (Å²) in [4.78, 5) is 2.41. The number of rotatable bonds is 8. The standard InChI is InChI=1S/C16H26N2O3/c1-12(2)18(7-8-19-4)10-14(17-3)13-5-6-15-16(9-13)21-11-20-15/h5-6,9,12,14,17H,7-8,10-11H2,1-4H3. The molecule has 1 unspecified atom stereocenters. The topological polar surface area (TPSA) is 43.0 Å². The molecule has 0 bridgehead atoms. The molecule has 0 radical (unpaired) electrons. The van der Waals surface area contributed by atoms with Gasteiger partial charge in [-0.25, -0.2) is 0 Å². The number of hydrogen-bond acceptors (Lipinski definition) is 5. The van der Waals surface area contributed by atoms with E-state index in [4.69, 9.17) is 14.2 Å². The minimum Gasteiger partial charge on any atom is -0.454 e. The lowest BCUT2D eigenvalue weighted by molar-refractivity contribution is 0.122. The zero-order chi connectivity index (χ0) is 15.2. The van der Waals surface area contributed by atoms with E-state index in [1.165, 1.54) is 5.56 Å². The molecule has 5 heteroatoms. The van der Waals surface area contributed by atoms with Crippen LogP contribution in [-0.2, 0) is 4.74 Å². The monoisotopic (exact) mass is 294 g/mol. The molecule has 5 nitrogen and oxygen atoms in total. The Morgan fingerprint density at radius 2 is 2.05 bits per heavy atom. The number of methoxy groups -OCH3 is 1. The minimum absolute atomic E-state index is 0.249. The van der Waals surface area contributed by atoms with Crippen molar-refractivity contribution in [3.8, 4) is 11.5 Å².